The molecule has 0 saturated heterocycles. The van der Waals surface area contributed by atoms with E-state index in [0.717, 1.165) is 24.0 Å². The Bertz CT molecular complexity index is 590. The maximum atomic E-state index is 12.6. The van der Waals surface area contributed by atoms with Gasteiger partial charge in [-0.1, -0.05) is 31.9 Å². The van der Waals surface area contributed by atoms with Crippen molar-refractivity contribution in [3.63, 3.8) is 0 Å². The first kappa shape index (κ1) is 16.5. The SMILES string of the molecule is CNCc1cccc(S(=O)(=O)NCC2(C)CCCC2)c1C. The van der Waals surface area contributed by atoms with Gasteiger partial charge >= 0.3 is 0 Å². The molecule has 1 aromatic carbocycles. The third-order valence-corrected chi connectivity index (χ3v) is 6.10. The summed E-state index contributed by atoms with van der Waals surface area (Å²) in [5.41, 5.74) is 1.96. The van der Waals surface area contributed by atoms with E-state index in [4.69, 9.17) is 0 Å². The molecule has 118 valence electrons. The molecule has 0 aliphatic heterocycles. The number of benzene rings is 1. The van der Waals surface area contributed by atoms with Crippen LogP contribution in [0.5, 0.6) is 0 Å². The molecule has 5 heteroatoms. The maximum Gasteiger partial charge on any atom is 0.240 e. The van der Waals surface area contributed by atoms with Gasteiger partial charge in [-0.05, 0) is 49.4 Å². The van der Waals surface area contributed by atoms with Gasteiger partial charge in [0.25, 0.3) is 0 Å². The van der Waals surface area contributed by atoms with Gasteiger partial charge in [-0.2, -0.15) is 0 Å². The molecule has 0 unspecified atom stereocenters. The Balaban J connectivity index is 2.17. The van der Waals surface area contributed by atoms with Gasteiger partial charge < -0.3 is 5.32 Å². The Kier molecular flexibility index (Phi) is 5.07. The van der Waals surface area contributed by atoms with Gasteiger partial charge in [0.05, 0.1) is 4.90 Å². The van der Waals surface area contributed by atoms with Crippen LogP contribution in [-0.4, -0.2) is 22.0 Å². The summed E-state index contributed by atoms with van der Waals surface area (Å²) in [6, 6.07) is 5.46. The van der Waals surface area contributed by atoms with Crippen molar-refractivity contribution in [2.24, 2.45) is 5.41 Å². The van der Waals surface area contributed by atoms with Crippen molar-refractivity contribution in [1.29, 1.82) is 0 Å². The minimum absolute atomic E-state index is 0.115. The van der Waals surface area contributed by atoms with Gasteiger partial charge in [0.1, 0.15) is 0 Å². The molecular formula is C16H26N2O2S. The zero-order valence-corrected chi connectivity index (χ0v) is 14.0. The minimum atomic E-state index is -3.44. The van der Waals surface area contributed by atoms with Crippen molar-refractivity contribution in [1.82, 2.24) is 10.0 Å². The molecule has 0 aromatic heterocycles. The second-order valence-corrected chi connectivity index (χ2v) is 8.15. The highest BCUT2D eigenvalue weighted by molar-refractivity contribution is 7.89. The molecule has 2 rings (SSSR count). The van der Waals surface area contributed by atoms with Crippen molar-refractivity contribution < 1.29 is 8.42 Å². The van der Waals surface area contributed by atoms with Crippen LogP contribution in [0.25, 0.3) is 0 Å². The van der Waals surface area contributed by atoms with Crippen molar-refractivity contribution in [3.8, 4) is 0 Å². The molecule has 0 atom stereocenters. The Hall–Kier alpha value is -0.910. The lowest BCUT2D eigenvalue weighted by molar-refractivity contribution is 0.336. The predicted molar refractivity (Wildman–Crippen MR) is 85.7 cm³/mol. The summed E-state index contributed by atoms with van der Waals surface area (Å²) in [5, 5.41) is 3.07. The predicted octanol–water partition coefficient (Wildman–Crippen LogP) is 2.57. The van der Waals surface area contributed by atoms with Crippen molar-refractivity contribution in [2.45, 2.75) is 51.0 Å². The third kappa shape index (κ3) is 3.84. The van der Waals surface area contributed by atoms with Gasteiger partial charge in [0.2, 0.25) is 10.0 Å². The summed E-state index contributed by atoms with van der Waals surface area (Å²) < 4.78 is 28.0. The zero-order chi connectivity index (χ0) is 15.5. The Labute approximate surface area is 128 Å². The van der Waals surface area contributed by atoms with E-state index in [2.05, 4.69) is 17.0 Å². The molecule has 1 fully saturated rings. The summed E-state index contributed by atoms with van der Waals surface area (Å²) >= 11 is 0. The van der Waals surface area contributed by atoms with Crippen molar-refractivity contribution >= 4 is 10.0 Å². The normalized spacial score (nSPS) is 18.0. The topological polar surface area (TPSA) is 58.2 Å². The molecule has 1 aliphatic carbocycles. The molecule has 0 amide bonds. The first-order valence-corrected chi connectivity index (χ1v) is 9.09. The van der Waals surface area contributed by atoms with E-state index in [1.807, 2.05) is 26.1 Å². The molecule has 1 aromatic rings. The lowest BCUT2D eigenvalue weighted by Crippen LogP contribution is -2.34. The van der Waals surface area contributed by atoms with Crippen LogP contribution in [0, 0.1) is 12.3 Å². The van der Waals surface area contributed by atoms with Gasteiger partial charge in [-0.3, -0.25) is 0 Å². The van der Waals surface area contributed by atoms with Crippen LogP contribution in [-0.2, 0) is 16.6 Å². The lowest BCUT2D eigenvalue weighted by Gasteiger charge is -2.24. The molecule has 0 heterocycles. The highest BCUT2D eigenvalue weighted by Gasteiger charge is 2.30. The smallest absolute Gasteiger partial charge is 0.240 e. The number of nitrogens with one attached hydrogen (secondary N) is 2. The molecule has 1 aliphatic rings. The molecule has 0 spiro atoms. The van der Waals surface area contributed by atoms with E-state index in [9.17, 15) is 8.42 Å². The monoisotopic (exact) mass is 310 g/mol. The van der Waals surface area contributed by atoms with Crippen LogP contribution in [0.4, 0.5) is 0 Å². The standard InChI is InChI=1S/C16H26N2O2S/c1-13-14(11-17-3)7-6-8-15(13)21(19,20)18-12-16(2)9-4-5-10-16/h6-8,17-18H,4-5,9-12H2,1-3H3. The van der Waals surface area contributed by atoms with E-state index in [1.54, 1.807) is 6.07 Å². The quantitative estimate of drug-likeness (QED) is 0.849. The largest absolute Gasteiger partial charge is 0.316 e. The number of rotatable bonds is 6. The average Bonchev–Trinajstić information content (AvgIpc) is 2.87. The molecular weight excluding hydrogens is 284 g/mol. The number of hydrogen-bond acceptors (Lipinski definition) is 3. The van der Waals surface area contributed by atoms with Crippen LogP contribution >= 0.6 is 0 Å². The van der Waals surface area contributed by atoms with E-state index in [0.29, 0.717) is 18.0 Å². The van der Waals surface area contributed by atoms with E-state index in [1.165, 1.54) is 12.8 Å². The Morgan fingerprint density at radius 1 is 1.24 bits per heavy atom. The molecule has 0 bridgehead atoms. The van der Waals surface area contributed by atoms with Gasteiger partial charge in [-0.25, -0.2) is 13.1 Å². The van der Waals surface area contributed by atoms with E-state index >= 15 is 0 Å². The molecule has 0 radical (unpaired) electrons. The van der Waals surface area contributed by atoms with Crippen LogP contribution < -0.4 is 10.0 Å². The maximum absolute atomic E-state index is 12.6. The fraction of sp³-hybridized carbons (Fsp3) is 0.625. The van der Waals surface area contributed by atoms with Crippen LogP contribution in [0.15, 0.2) is 23.1 Å². The average molecular weight is 310 g/mol. The summed E-state index contributed by atoms with van der Waals surface area (Å²) in [6.07, 6.45) is 4.62. The molecule has 21 heavy (non-hydrogen) atoms. The Morgan fingerprint density at radius 2 is 1.90 bits per heavy atom. The van der Waals surface area contributed by atoms with Gasteiger partial charge in [0.15, 0.2) is 0 Å². The van der Waals surface area contributed by atoms with Crippen molar-refractivity contribution in [3.05, 3.63) is 29.3 Å². The summed E-state index contributed by atoms with van der Waals surface area (Å²) in [7, 11) is -1.57. The van der Waals surface area contributed by atoms with Gasteiger partial charge in [-0.15, -0.1) is 0 Å². The fourth-order valence-electron chi connectivity index (χ4n) is 3.09. The summed E-state index contributed by atoms with van der Waals surface area (Å²) in [4.78, 5) is 0.400. The van der Waals surface area contributed by atoms with E-state index < -0.39 is 10.0 Å². The lowest BCUT2D eigenvalue weighted by atomic mass is 9.89. The van der Waals surface area contributed by atoms with Crippen LogP contribution in [0.3, 0.4) is 0 Å². The first-order chi connectivity index (χ1) is 9.88. The second kappa shape index (κ2) is 6.46. The zero-order valence-electron chi connectivity index (χ0n) is 13.2. The van der Waals surface area contributed by atoms with Crippen LogP contribution in [0.1, 0.15) is 43.7 Å². The number of hydrogen-bond donors (Lipinski definition) is 2. The molecule has 1 saturated carbocycles. The van der Waals surface area contributed by atoms with Crippen LogP contribution in [0.2, 0.25) is 0 Å². The van der Waals surface area contributed by atoms with Crippen molar-refractivity contribution in [2.75, 3.05) is 13.6 Å². The fourth-order valence-corrected chi connectivity index (χ4v) is 4.57. The first-order valence-electron chi connectivity index (χ1n) is 7.61. The highest BCUT2D eigenvalue weighted by Crippen LogP contribution is 2.37. The number of sulfonamides is 1. The van der Waals surface area contributed by atoms with Gasteiger partial charge in [0, 0.05) is 13.1 Å². The second-order valence-electron chi connectivity index (χ2n) is 6.41. The molecule has 2 N–H and O–H groups in total. The minimum Gasteiger partial charge on any atom is -0.316 e. The Morgan fingerprint density at radius 3 is 2.52 bits per heavy atom. The third-order valence-electron chi connectivity index (χ3n) is 4.55. The highest BCUT2D eigenvalue weighted by atomic mass is 32.2. The molecule has 4 nitrogen and oxygen atoms in total. The van der Waals surface area contributed by atoms with E-state index in [-0.39, 0.29) is 5.41 Å². The summed E-state index contributed by atoms with van der Waals surface area (Å²) in [5.74, 6) is 0. The summed E-state index contributed by atoms with van der Waals surface area (Å²) in [6.45, 7) is 5.25.